The highest BCUT2D eigenvalue weighted by Gasteiger charge is 2.46. The summed E-state index contributed by atoms with van der Waals surface area (Å²) in [6, 6.07) is 8.54. The van der Waals surface area contributed by atoms with Crippen LogP contribution >= 0.6 is 23.2 Å². The number of carboxylic acid groups (broad SMARTS) is 1. The monoisotopic (exact) mass is 479 g/mol. The number of amides is 1. The van der Waals surface area contributed by atoms with Gasteiger partial charge >= 0.3 is 5.97 Å². The number of Topliss-reactive ketones (excluding diaryl/α,β-unsaturated/α-hetero) is 1. The topological polar surface area (TPSA) is 94.9 Å². The first-order chi connectivity index (χ1) is 15.2. The molecule has 0 radical (unpaired) electrons. The molecule has 2 N–H and O–H groups in total. The van der Waals surface area contributed by atoms with Crippen molar-refractivity contribution < 1.29 is 29.0 Å². The second-order valence-corrected chi connectivity index (χ2v) is 8.21. The number of rotatable bonds is 8. The Balaban J connectivity index is 2.02. The number of aliphatic hydroxyl groups excluding tert-OH is 1. The van der Waals surface area contributed by atoms with E-state index in [1.54, 1.807) is 12.1 Å². The number of carbonyl (C=O) groups is 3. The number of nitrogens with zero attached hydrogens (tertiary/aromatic N) is 1. The molecule has 0 spiro atoms. The Bertz CT molecular complexity index is 1080. The molecular weight excluding hydrogens is 460 g/mol. The van der Waals surface area contributed by atoms with E-state index >= 15 is 0 Å². The van der Waals surface area contributed by atoms with Crippen LogP contribution in [0.3, 0.4) is 0 Å². The quantitative estimate of drug-likeness (QED) is 0.235. The second-order valence-electron chi connectivity index (χ2n) is 7.37. The molecule has 0 bridgehead atoms. The van der Waals surface area contributed by atoms with Gasteiger partial charge in [-0.1, -0.05) is 35.7 Å². The first kappa shape index (κ1) is 23.8. The van der Waals surface area contributed by atoms with Crippen molar-refractivity contribution in [2.75, 3.05) is 6.54 Å². The van der Waals surface area contributed by atoms with Crippen molar-refractivity contribution in [2.45, 2.75) is 31.7 Å². The first-order valence-corrected chi connectivity index (χ1v) is 10.7. The molecule has 0 aliphatic carbocycles. The number of halogens is 3. The Kier molecular flexibility index (Phi) is 7.53. The number of ketones is 1. The van der Waals surface area contributed by atoms with Gasteiger partial charge in [0.05, 0.1) is 11.6 Å². The Labute approximate surface area is 193 Å². The molecule has 0 saturated carbocycles. The van der Waals surface area contributed by atoms with Gasteiger partial charge in [-0.3, -0.25) is 14.4 Å². The lowest BCUT2D eigenvalue weighted by molar-refractivity contribution is -0.140. The van der Waals surface area contributed by atoms with E-state index in [0.717, 1.165) is 12.1 Å². The third-order valence-corrected chi connectivity index (χ3v) is 5.77. The molecule has 3 rings (SSSR count). The van der Waals surface area contributed by atoms with E-state index in [9.17, 15) is 23.9 Å². The summed E-state index contributed by atoms with van der Waals surface area (Å²) in [7, 11) is 0. The minimum absolute atomic E-state index is 0.00975. The molecule has 32 heavy (non-hydrogen) atoms. The predicted octanol–water partition coefficient (Wildman–Crippen LogP) is 5.20. The molecule has 1 amide bonds. The van der Waals surface area contributed by atoms with Crippen LogP contribution in [0.25, 0.3) is 5.76 Å². The molecule has 1 heterocycles. The molecule has 168 valence electrons. The number of aliphatic carboxylic acids is 1. The van der Waals surface area contributed by atoms with E-state index in [4.69, 9.17) is 28.3 Å². The SMILES string of the molecule is O=C(O)CCCCCN1C(=O)C(=O)/C(=C(/O)c2ccc(F)cc2)C1c1ccc(Cl)cc1Cl. The van der Waals surface area contributed by atoms with Crippen molar-refractivity contribution in [3.8, 4) is 0 Å². The van der Waals surface area contributed by atoms with E-state index in [0.29, 0.717) is 29.8 Å². The predicted molar refractivity (Wildman–Crippen MR) is 118 cm³/mol. The molecule has 0 aromatic heterocycles. The number of hydrogen-bond donors (Lipinski definition) is 2. The highest BCUT2D eigenvalue weighted by molar-refractivity contribution is 6.47. The largest absolute Gasteiger partial charge is 0.507 e. The lowest BCUT2D eigenvalue weighted by Crippen LogP contribution is -2.30. The summed E-state index contributed by atoms with van der Waals surface area (Å²) in [5.41, 5.74) is 0.432. The Morgan fingerprint density at radius 3 is 2.31 bits per heavy atom. The molecule has 1 saturated heterocycles. The maximum absolute atomic E-state index is 13.3. The van der Waals surface area contributed by atoms with Crippen LogP contribution in [0.4, 0.5) is 4.39 Å². The molecule has 6 nitrogen and oxygen atoms in total. The van der Waals surface area contributed by atoms with Gasteiger partial charge in [-0.05, 0) is 54.8 Å². The fourth-order valence-corrected chi connectivity index (χ4v) is 4.17. The molecule has 1 unspecified atom stereocenters. The third-order valence-electron chi connectivity index (χ3n) is 5.20. The number of carboxylic acids is 1. The standard InChI is InChI=1S/C23H20Cl2FNO5/c24-14-7-10-16(17(25)12-14)20-19(21(30)13-5-8-15(26)9-6-13)22(31)23(32)27(20)11-3-1-2-4-18(28)29/h5-10,12,20,30H,1-4,11H2,(H,28,29)/b21-19+. The first-order valence-electron chi connectivity index (χ1n) is 9.91. The van der Waals surface area contributed by atoms with Crippen LogP contribution in [0.5, 0.6) is 0 Å². The van der Waals surface area contributed by atoms with Crippen LogP contribution < -0.4 is 0 Å². The number of likely N-dealkylation sites (tertiary alicyclic amines) is 1. The molecule has 1 aliphatic rings. The van der Waals surface area contributed by atoms with Gasteiger partial charge in [0, 0.05) is 28.6 Å². The van der Waals surface area contributed by atoms with Crippen molar-refractivity contribution in [1.29, 1.82) is 0 Å². The van der Waals surface area contributed by atoms with Crippen molar-refractivity contribution in [1.82, 2.24) is 4.90 Å². The van der Waals surface area contributed by atoms with E-state index in [1.807, 2.05) is 0 Å². The van der Waals surface area contributed by atoms with Gasteiger partial charge in [-0.2, -0.15) is 0 Å². The van der Waals surface area contributed by atoms with Crippen molar-refractivity contribution in [2.24, 2.45) is 0 Å². The zero-order valence-electron chi connectivity index (χ0n) is 16.9. The van der Waals surface area contributed by atoms with Crippen LogP contribution in [-0.4, -0.2) is 39.3 Å². The number of unbranched alkanes of at least 4 members (excludes halogenated alkanes) is 2. The van der Waals surface area contributed by atoms with E-state index < -0.39 is 35.3 Å². The van der Waals surface area contributed by atoms with Gasteiger partial charge in [0.1, 0.15) is 11.6 Å². The van der Waals surface area contributed by atoms with Crippen LogP contribution in [-0.2, 0) is 14.4 Å². The van der Waals surface area contributed by atoms with Gasteiger partial charge in [0.25, 0.3) is 11.7 Å². The summed E-state index contributed by atoms with van der Waals surface area (Å²) in [5, 5.41) is 20.2. The average Bonchev–Trinajstić information content (AvgIpc) is 2.98. The number of carbonyl (C=O) groups excluding carboxylic acids is 2. The Morgan fingerprint density at radius 1 is 1.00 bits per heavy atom. The maximum Gasteiger partial charge on any atom is 0.303 e. The lowest BCUT2D eigenvalue weighted by atomic mass is 9.95. The zero-order valence-corrected chi connectivity index (χ0v) is 18.4. The van der Waals surface area contributed by atoms with E-state index in [-0.39, 0.29) is 29.1 Å². The molecule has 9 heteroatoms. The van der Waals surface area contributed by atoms with Crippen molar-refractivity contribution >= 4 is 46.6 Å². The summed E-state index contributed by atoms with van der Waals surface area (Å²) in [5.74, 6) is -3.54. The fourth-order valence-electron chi connectivity index (χ4n) is 3.66. The van der Waals surface area contributed by atoms with E-state index in [2.05, 4.69) is 0 Å². The maximum atomic E-state index is 13.3. The smallest absolute Gasteiger partial charge is 0.303 e. The summed E-state index contributed by atoms with van der Waals surface area (Å²) in [4.78, 5) is 37.8. The van der Waals surface area contributed by atoms with Crippen LogP contribution in [0.2, 0.25) is 10.0 Å². The van der Waals surface area contributed by atoms with E-state index in [1.165, 1.54) is 23.1 Å². The highest BCUT2D eigenvalue weighted by atomic mass is 35.5. The molecular formula is C23H20Cl2FNO5. The number of aliphatic hydroxyl groups is 1. The van der Waals surface area contributed by atoms with Crippen LogP contribution in [0.15, 0.2) is 48.0 Å². The van der Waals surface area contributed by atoms with Crippen LogP contribution in [0, 0.1) is 5.82 Å². The van der Waals surface area contributed by atoms with Gasteiger partial charge in [-0.15, -0.1) is 0 Å². The summed E-state index contributed by atoms with van der Waals surface area (Å²) in [6.07, 6.45) is 1.43. The molecule has 2 aromatic rings. The fraction of sp³-hybridized carbons (Fsp3) is 0.261. The Hall–Kier alpha value is -2.90. The minimum Gasteiger partial charge on any atom is -0.507 e. The molecule has 2 aromatic carbocycles. The summed E-state index contributed by atoms with van der Waals surface area (Å²) in [6.45, 7) is 0.161. The second kappa shape index (κ2) is 10.1. The van der Waals surface area contributed by atoms with Gasteiger partial charge in [0.15, 0.2) is 0 Å². The third kappa shape index (κ3) is 5.11. The molecule has 1 atom stereocenters. The summed E-state index contributed by atoms with van der Waals surface area (Å²) < 4.78 is 13.3. The molecule has 1 aliphatic heterocycles. The average molecular weight is 480 g/mol. The van der Waals surface area contributed by atoms with Gasteiger partial charge in [0.2, 0.25) is 0 Å². The number of hydrogen-bond acceptors (Lipinski definition) is 4. The van der Waals surface area contributed by atoms with Gasteiger partial charge in [-0.25, -0.2) is 4.39 Å². The Morgan fingerprint density at radius 2 is 1.69 bits per heavy atom. The van der Waals surface area contributed by atoms with Crippen molar-refractivity contribution in [3.63, 3.8) is 0 Å². The van der Waals surface area contributed by atoms with Crippen LogP contribution in [0.1, 0.15) is 42.9 Å². The minimum atomic E-state index is -0.968. The van der Waals surface area contributed by atoms with Gasteiger partial charge < -0.3 is 15.1 Å². The molecule has 1 fully saturated rings. The zero-order chi connectivity index (χ0) is 23.4. The highest BCUT2D eigenvalue weighted by Crippen LogP contribution is 2.42. The summed E-state index contributed by atoms with van der Waals surface area (Å²) >= 11 is 12.4. The van der Waals surface area contributed by atoms with Crippen molar-refractivity contribution in [3.05, 3.63) is 75.0 Å². The normalized spacial score (nSPS) is 17.7. The number of benzene rings is 2. The lowest BCUT2D eigenvalue weighted by Gasteiger charge is -2.26.